The van der Waals surface area contributed by atoms with Crippen molar-refractivity contribution in [3.05, 3.63) is 35.4 Å². The zero-order valence-corrected chi connectivity index (χ0v) is 12.9. The molecule has 22 heavy (non-hydrogen) atoms. The zero-order valence-electron chi connectivity index (χ0n) is 12.0. The van der Waals surface area contributed by atoms with Crippen LogP contribution in [0.1, 0.15) is 6.92 Å². The molecule has 0 aromatic heterocycles. The lowest BCUT2D eigenvalue weighted by Crippen LogP contribution is -2.33. The number of amides is 2. The summed E-state index contributed by atoms with van der Waals surface area (Å²) in [6, 6.07) is 8.86. The van der Waals surface area contributed by atoms with Gasteiger partial charge in [-0.1, -0.05) is 11.8 Å². The van der Waals surface area contributed by atoms with Gasteiger partial charge in [0.05, 0.1) is 23.5 Å². The van der Waals surface area contributed by atoms with Crippen molar-refractivity contribution >= 4 is 29.3 Å². The molecule has 0 unspecified atom stereocenters. The minimum atomic E-state index is -0.316. The Morgan fingerprint density at radius 3 is 2.86 bits per heavy atom. The van der Waals surface area contributed by atoms with Crippen LogP contribution in [0, 0.1) is 11.3 Å². The molecular formula is C15H15N3O3S. The van der Waals surface area contributed by atoms with Crippen LogP contribution in [0.25, 0.3) is 0 Å². The number of carbonyl (C=O) groups excluding carboxylic acids is 2. The van der Waals surface area contributed by atoms with Crippen molar-refractivity contribution in [2.24, 2.45) is 0 Å². The van der Waals surface area contributed by atoms with Crippen molar-refractivity contribution in [3.63, 3.8) is 0 Å². The van der Waals surface area contributed by atoms with E-state index in [0.717, 1.165) is 5.75 Å². The van der Waals surface area contributed by atoms with Crippen molar-refractivity contribution in [1.82, 2.24) is 4.90 Å². The number of ether oxygens (including phenoxy) is 1. The number of anilines is 1. The Bertz CT molecular complexity index is 634. The minimum Gasteiger partial charge on any atom is -0.494 e. The van der Waals surface area contributed by atoms with Gasteiger partial charge in [0.15, 0.2) is 0 Å². The molecular weight excluding hydrogens is 302 g/mol. The van der Waals surface area contributed by atoms with Crippen LogP contribution in [0.15, 0.2) is 35.4 Å². The molecule has 1 heterocycles. The van der Waals surface area contributed by atoms with Crippen LogP contribution in [0.3, 0.4) is 0 Å². The molecule has 1 aliphatic rings. The summed E-state index contributed by atoms with van der Waals surface area (Å²) in [5, 5.41) is 11.9. The Balaban J connectivity index is 1.96. The molecule has 0 atom stereocenters. The highest BCUT2D eigenvalue weighted by Gasteiger charge is 2.28. The van der Waals surface area contributed by atoms with E-state index in [0.29, 0.717) is 17.3 Å². The van der Waals surface area contributed by atoms with E-state index in [-0.39, 0.29) is 24.1 Å². The highest BCUT2D eigenvalue weighted by atomic mass is 32.2. The van der Waals surface area contributed by atoms with Gasteiger partial charge in [-0.2, -0.15) is 5.26 Å². The number of thioether (sulfide) groups is 1. The van der Waals surface area contributed by atoms with Gasteiger partial charge in [-0.25, -0.2) is 0 Å². The molecule has 0 bridgehead atoms. The Labute approximate surface area is 132 Å². The maximum atomic E-state index is 12.0. The van der Waals surface area contributed by atoms with Gasteiger partial charge in [0, 0.05) is 11.8 Å². The molecule has 6 nitrogen and oxygen atoms in total. The van der Waals surface area contributed by atoms with E-state index < -0.39 is 0 Å². The van der Waals surface area contributed by atoms with Crippen molar-refractivity contribution in [2.75, 3.05) is 24.2 Å². The summed E-state index contributed by atoms with van der Waals surface area (Å²) in [4.78, 5) is 25.1. The number of nitriles is 1. The summed E-state index contributed by atoms with van der Waals surface area (Å²) in [7, 11) is 0. The second-order valence-electron chi connectivity index (χ2n) is 4.39. The molecule has 7 heteroatoms. The summed E-state index contributed by atoms with van der Waals surface area (Å²) >= 11 is 1.26. The summed E-state index contributed by atoms with van der Waals surface area (Å²) in [5.74, 6) is 0.493. The summed E-state index contributed by atoms with van der Waals surface area (Å²) in [5.41, 5.74) is 0.624. The molecule has 0 radical (unpaired) electrons. The van der Waals surface area contributed by atoms with Crippen molar-refractivity contribution in [2.45, 2.75) is 6.92 Å². The van der Waals surface area contributed by atoms with E-state index in [1.165, 1.54) is 22.7 Å². The molecule has 0 spiro atoms. The molecule has 1 saturated heterocycles. The maximum absolute atomic E-state index is 12.0. The highest BCUT2D eigenvalue weighted by Crippen LogP contribution is 2.28. The number of carbonyl (C=O) groups is 2. The number of nitrogens with zero attached hydrogens (tertiary/aromatic N) is 2. The van der Waals surface area contributed by atoms with Gasteiger partial charge < -0.3 is 10.1 Å². The number of rotatable bonds is 5. The maximum Gasteiger partial charge on any atom is 0.244 e. The predicted octanol–water partition coefficient (Wildman–Crippen LogP) is 1.96. The van der Waals surface area contributed by atoms with Gasteiger partial charge in [0.2, 0.25) is 11.8 Å². The molecule has 1 aromatic rings. The average Bonchev–Trinajstić information content (AvgIpc) is 2.83. The van der Waals surface area contributed by atoms with E-state index in [1.807, 2.05) is 13.0 Å². The third-order valence-electron chi connectivity index (χ3n) is 2.85. The molecule has 2 rings (SSSR count). The van der Waals surface area contributed by atoms with Gasteiger partial charge in [0.25, 0.3) is 0 Å². The number of hydrogen-bond acceptors (Lipinski definition) is 5. The standard InChI is InChI=1S/C15H15N3O3S/c1-2-21-12-5-3-11(4-6-12)17-13(19)9-18-14(20)10-22-15(18)7-8-16/h3-7H,2,9-10H2,1H3,(H,17,19)/b15-7+. The first kappa shape index (κ1) is 15.9. The predicted molar refractivity (Wildman–Crippen MR) is 84.1 cm³/mol. The number of nitrogens with one attached hydrogen (secondary N) is 1. The van der Waals surface area contributed by atoms with Crippen LogP contribution in [0.4, 0.5) is 5.69 Å². The van der Waals surface area contributed by atoms with E-state index in [1.54, 1.807) is 24.3 Å². The minimum absolute atomic E-state index is 0.105. The quantitative estimate of drug-likeness (QED) is 0.840. The van der Waals surface area contributed by atoms with Crippen LogP contribution in [-0.4, -0.2) is 35.6 Å². The highest BCUT2D eigenvalue weighted by molar-refractivity contribution is 8.04. The number of hydrogen-bond donors (Lipinski definition) is 1. The van der Waals surface area contributed by atoms with Gasteiger partial charge >= 0.3 is 0 Å². The van der Waals surface area contributed by atoms with E-state index >= 15 is 0 Å². The Morgan fingerprint density at radius 1 is 1.50 bits per heavy atom. The molecule has 0 aliphatic carbocycles. The second kappa shape index (κ2) is 7.52. The van der Waals surface area contributed by atoms with Crippen molar-refractivity contribution in [3.8, 4) is 11.8 Å². The van der Waals surface area contributed by atoms with Gasteiger partial charge in [-0.3, -0.25) is 14.5 Å². The Hall–Kier alpha value is -2.46. The molecule has 2 amide bonds. The summed E-state index contributed by atoms with van der Waals surface area (Å²) in [6.07, 6.45) is 1.28. The van der Waals surface area contributed by atoms with Crippen LogP contribution < -0.4 is 10.1 Å². The van der Waals surface area contributed by atoms with E-state index in [4.69, 9.17) is 10.00 Å². The lowest BCUT2D eigenvalue weighted by molar-refractivity contribution is -0.129. The number of allylic oxidation sites excluding steroid dienone is 1. The fourth-order valence-electron chi connectivity index (χ4n) is 1.90. The largest absolute Gasteiger partial charge is 0.494 e. The lowest BCUT2D eigenvalue weighted by atomic mass is 10.3. The van der Waals surface area contributed by atoms with E-state index in [9.17, 15) is 9.59 Å². The van der Waals surface area contributed by atoms with Gasteiger partial charge in [-0.05, 0) is 31.2 Å². The molecule has 0 saturated carbocycles. The smallest absolute Gasteiger partial charge is 0.244 e. The SMILES string of the molecule is CCOc1ccc(NC(=O)CN2C(=O)CS/C2=C/C#N)cc1. The molecule has 1 aliphatic heterocycles. The molecule has 1 aromatic carbocycles. The first-order valence-corrected chi connectivity index (χ1v) is 7.68. The van der Waals surface area contributed by atoms with Gasteiger partial charge in [-0.15, -0.1) is 0 Å². The monoisotopic (exact) mass is 317 g/mol. The number of benzene rings is 1. The molecule has 1 N–H and O–H groups in total. The first-order valence-electron chi connectivity index (χ1n) is 6.69. The fraction of sp³-hybridized carbons (Fsp3) is 0.267. The van der Waals surface area contributed by atoms with Gasteiger partial charge in [0.1, 0.15) is 12.3 Å². The van der Waals surface area contributed by atoms with Crippen LogP contribution in [0.2, 0.25) is 0 Å². The third kappa shape index (κ3) is 4.02. The lowest BCUT2D eigenvalue weighted by Gasteiger charge is -2.16. The summed E-state index contributed by atoms with van der Waals surface area (Å²) < 4.78 is 5.32. The zero-order chi connectivity index (χ0) is 15.9. The van der Waals surface area contributed by atoms with Crippen LogP contribution in [-0.2, 0) is 9.59 Å². The Morgan fingerprint density at radius 2 is 2.23 bits per heavy atom. The topological polar surface area (TPSA) is 82.4 Å². The second-order valence-corrected chi connectivity index (χ2v) is 5.38. The Kier molecular flexibility index (Phi) is 5.44. The normalized spacial score (nSPS) is 15.7. The third-order valence-corrected chi connectivity index (χ3v) is 3.87. The first-order chi connectivity index (χ1) is 10.6. The summed E-state index contributed by atoms with van der Waals surface area (Å²) in [6.45, 7) is 2.37. The fourth-order valence-corrected chi connectivity index (χ4v) is 2.79. The van der Waals surface area contributed by atoms with E-state index in [2.05, 4.69) is 5.32 Å². The van der Waals surface area contributed by atoms with Crippen molar-refractivity contribution < 1.29 is 14.3 Å². The average molecular weight is 317 g/mol. The van der Waals surface area contributed by atoms with Crippen molar-refractivity contribution in [1.29, 1.82) is 5.26 Å². The molecule has 114 valence electrons. The molecule has 1 fully saturated rings. The van der Waals surface area contributed by atoms with Crippen LogP contribution in [0.5, 0.6) is 5.75 Å². The van der Waals surface area contributed by atoms with Crippen LogP contribution >= 0.6 is 11.8 Å².